The summed E-state index contributed by atoms with van der Waals surface area (Å²) in [4.78, 5) is 13.4. The molecule has 1 heterocycles. The smallest absolute Gasteiger partial charge is 0.237 e. The molecule has 5 atom stereocenters. The first-order valence-corrected chi connectivity index (χ1v) is 12.5. The van der Waals surface area contributed by atoms with Gasteiger partial charge in [-0.05, 0) is 47.6 Å². The van der Waals surface area contributed by atoms with Gasteiger partial charge in [0.2, 0.25) is 5.91 Å². The van der Waals surface area contributed by atoms with Crippen molar-refractivity contribution in [3.63, 3.8) is 0 Å². The molecule has 2 aromatic carbocycles. The van der Waals surface area contributed by atoms with Crippen molar-refractivity contribution in [3.8, 4) is 0 Å². The van der Waals surface area contributed by atoms with Gasteiger partial charge >= 0.3 is 0 Å². The second-order valence-corrected chi connectivity index (χ2v) is 11.3. The molecule has 1 aliphatic rings. The van der Waals surface area contributed by atoms with Crippen molar-refractivity contribution in [2.24, 2.45) is 11.1 Å². The fourth-order valence-corrected chi connectivity index (χ4v) is 5.20. The number of hydrogen-bond acceptors (Lipinski definition) is 5. The van der Waals surface area contributed by atoms with E-state index in [1.54, 1.807) is 24.3 Å². The third-order valence-corrected chi connectivity index (χ3v) is 7.10. The first-order chi connectivity index (χ1) is 16.4. The molecule has 6 N–H and O–H groups in total. The largest absolute Gasteiger partial charge is 0.394 e. The van der Waals surface area contributed by atoms with Crippen LogP contribution in [0.3, 0.4) is 0 Å². The molecule has 6 nitrogen and oxygen atoms in total. The van der Waals surface area contributed by atoms with Gasteiger partial charge in [0.05, 0.1) is 29.3 Å². The van der Waals surface area contributed by atoms with E-state index in [2.05, 4.69) is 31.4 Å². The molecule has 1 amide bonds. The standard InChI is InChI=1S/C26H34Cl2FN3O3/c1-25(2,3)13-20-26(30,15-7-9-16(27)10-8-15)21(18-5-4-6-19(28)22(18)29)23(32-20)24(35)31-12-11-17(34)14-33/h4-10,17,20-21,23,32-34H,11-14,30H2,1-3H3,(H,31,35). The van der Waals surface area contributed by atoms with Gasteiger partial charge in [-0.1, -0.05) is 68.2 Å². The summed E-state index contributed by atoms with van der Waals surface area (Å²) >= 11 is 12.3. The first-order valence-electron chi connectivity index (χ1n) is 11.7. The van der Waals surface area contributed by atoms with E-state index in [9.17, 15) is 9.90 Å². The Morgan fingerprint density at radius 2 is 1.89 bits per heavy atom. The Kier molecular flexibility index (Phi) is 8.84. The molecule has 0 radical (unpaired) electrons. The lowest BCUT2D eigenvalue weighted by atomic mass is 9.68. The number of benzene rings is 2. The SMILES string of the molecule is CC(C)(C)CC1NC(C(=O)NCCC(O)CO)C(c2cccc(Cl)c2F)C1(N)c1ccc(Cl)cc1. The van der Waals surface area contributed by atoms with Crippen molar-refractivity contribution in [2.75, 3.05) is 13.2 Å². The highest BCUT2D eigenvalue weighted by Gasteiger charge is 2.57. The van der Waals surface area contributed by atoms with E-state index in [0.717, 1.165) is 5.56 Å². The Morgan fingerprint density at radius 1 is 1.23 bits per heavy atom. The lowest BCUT2D eigenvalue weighted by molar-refractivity contribution is -0.123. The Bertz CT molecular complexity index is 1030. The summed E-state index contributed by atoms with van der Waals surface area (Å²) < 4.78 is 15.5. The van der Waals surface area contributed by atoms with Gasteiger partial charge in [-0.2, -0.15) is 0 Å². The molecule has 2 aromatic rings. The van der Waals surface area contributed by atoms with Gasteiger partial charge in [0.1, 0.15) is 5.82 Å². The second kappa shape index (κ2) is 11.1. The van der Waals surface area contributed by atoms with Crippen molar-refractivity contribution in [3.05, 3.63) is 69.5 Å². The van der Waals surface area contributed by atoms with E-state index in [4.69, 9.17) is 34.0 Å². The summed E-state index contributed by atoms with van der Waals surface area (Å²) in [6.45, 7) is 5.98. The minimum absolute atomic E-state index is 0.0505. The van der Waals surface area contributed by atoms with Gasteiger partial charge in [-0.25, -0.2) is 4.39 Å². The summed E-state index contributed by atoms with van der Waals surface area (Å²) in [7, 11) is 0. The predicted octanol–water partition coefficient (Wildman–Crippen LogP) is 3.71. The molecule has 1 aliphatic heterocycles. The molecule has 9 heteroatoms. The maximum absolute atomic E-state index is 15.5. The van der Waals surface area contributed by atoms with E-state index in [-0.39, 0.29) is 40.9 Å². The summed E-state index contributed by atoms with van der Waals surface area (Å²) in [5.74, 6) is -1.79. The molecule has 1 saturated heterocycles. The fraction of sp³-hybridized carbons (Fsp3) is 0.500. The number of carbonyl (C=O) groups excluding carboxylic acids is 1. The fourth-order valence-electron chi connectivity index (χ4n) is 4.89. The second-order valence-electron chi connectivity index (χ2n) is 10.4. The minimum atomic E-state index is -1.17. The Balaban J connectivity index is 2.12. The molecule has 0 saturated carbocycles. The Morgan fingerprint density at radius 3 is 2.49 bits per heavy atom. The van der Waals surface area contributed by atoms with Gasteiger partial charge in [0, 0.05) is 23.5 Å². The van der Waals surface area contributed by atoms with Crippen LogP contribution in [0, 0.1) is 11.2 Å². The molecule has 0 aromatic heterocycles. The maximum Gasteiger partial charge on any atom is 0.237 e. The zero-order chi connectivity index (χ0) is 26.0. The van der Waals surface area contributed by atoms with Crippen molar-refractivity contribution in [1.82, 2.24) is 10.6 Å². The normalized spacial score (nSPS) is 25.5. The summed E-state index contributed by atoms with van der Waals surface area (Å²) in [6, 6.07) is 10.5. The third-order valence-electron chi connectivity index (χ3n) is 6.55. The van der Waals surface area contributed by atoms with Crippen molar-refractivity contribution in [1.29, 1.82) is 0 Å². The monoisotopic (exact) mass is 525 g/mol. The number of nitrogens with one attached hydrogen (secondary N) is 2. The number of amides is 1. The zero-order valence-electron chi connectivity index (χ0n) is 20.2. The van der Waals surface area contributed by atoms with E-state index < -0.39 is 36.0 Å². The highest BCUT2D eigenvalue weighted by atomic mass is 35.5. The summed E-state index contributed by atoms with van der Waals surface area (Å²) in [6.07, 6.45) is -0.149. The minimum Gasteiger partial charge on any atom is -0.394 e. The summed E-state index contributed by atoms with van der Waals surface area (Å²) in [5.41, 5.74) is 6.88. The molecule has 1 fully saturated rings. The number of halogens is 3. The average molecular weight is 526 g/mol. The van der Waals surface area contributed by atoms with Crippen LogP contribution in [0.15, 0.2) is 42.5 Å². The van der Waals surface area contributed by atoms with Crippen LogP contribution in [0.5, 0.6) is 0 Å². The van der Waals surface area contributed by atoms with Gasteiger partial charge < -0.3 is 26.6 Å². The van der Waals surface area contributed by atoms with Crippen LogP contribution < -0.4 is 16.4 Å². The number of carbonyl (C=O) groups is 1. The number of nitrogens with two attached hydrogens (primary N) is 1. The predicted molar refractivity (Wildman–Crippen MR) is 137 cm³/mol. The molecule has 0 bridgehead atoms. The molecule has 35 heavy (non-hydrogen) atoms. The van der Waals surface area contributed by atoms with Crippen LogP contribution in [-0.2, 0) is 10.3 Å². The lowest BCUT2D eigenvalue weighted by Crippen LogP contribution is -2.52. The van der Waals surface area contributed by atoms with E-state index >= 15 is 4.39 Å². The Labute approximate surface area is 216 Å². The number of aliphatic hydroxyl groups is 2. The maximum atomic E-state index is 15.5. The quantitative estimate of drug-likeness (QED) is 0.361. The first kappa shape index (κ1) is 27.8. The average Bonchev–Trinajstić information content (AvgIpc) is 3.07. The summed E-state index contributed by atoms with van der Waals surface area (Å²) in [5, 5.41) is 25.4. The zero-order valence-corrected chi connectivity index (χ0v) is 21.7. The highest BCUT2D eigenvalue weighted by molar-refractivity contribution is 6.31. The van der Waals surface area contributed by atoms with Gasteiger partial charge in [0.15, 0.2) is 0 Å². The van der Waals surface area contributed by atoms with Gasteiger partial charge in [-0.3, -0.25) is 4.79 Å². The van der Waals surface area contributed by atoms with E-state index in [1.165, 1.54) is 6.07 Å². The molecular weight excluding hydrogens is 492 g/mol. The molecule has 0 aliphatic carbocycles. The van der Waals surface area contributed by atoms with E-state index in [0.29, 0.717) is 11.4 Å². The van der Waals surface area contributed by atoms with Crippen LogP contribution in [-0.4, -0.2) is 47.5 Å². The van der Waals surface area contributed by atoms with Gasteiger partial charge in [-0.15, -0.1) is 0 Å². The van der Waals surface area contributed by atoms with Crippen molar-refractivity contribution >= 4 is 29.1 Å². The van der Waals surface area contributed by atoms with E-state index in [1.807, 2.05) is 12.1 Å². The van der Waals surface area contributed by atoms with Crippen LogP contribution in [0.2, 0.25) is 10.0 Å². The van der Waals surface area contributed by atoms with Crippen LogP contribution in [0.1, 0.15) is 50.7 Å². The van der Waals surface area contributed by atoms with Crippen LogP contribution in [0.25, 0.3) is 0 Å². The molecule has 0 spiro atoms. The van der Waals surface area contributed by atoms with Crippen molar-refractivity contribution < 1.29 is 19.4 Å². The van der Waals surface area contributed by atoms with Gasteiger partial charge in [0.25, 0.3) is 0 Å². The molecule has 192 valence electrons. The third kappa shape index (κ3) is 6.16. The number of rotatable bonds is 8. The number of hydrogen-bond donors (Lipinski definition) is 5. The topological polar surface area (TPSA) is 108 Å². The lowest BCUT2D eigenvalue weighted by Gasteiger charge is -2.39. The van der Waals surface area contributed by atoms with Crippen molar-refractivity contribution in [2.45, 2.75) is 63.3 Å². The Hall–Kier alpha value is -1.74. The molecular formula is C26H34Cl2FN3O3. The highest BCUT2D eigenvalue weighted by Crippen LogP contribution is 2.49. The van der Waals surface area contributed by atoms with Crippen LogP contribution >= 0.6 is 23.2 Å². The molecule has 3 rings (SSSR count). The van der Waals surface area contributed by atoms with Crippen LogP contribution in [0.4, 0.5) is 4.39 Å². The molecule has 5 unspecified atom stereocenters. The number of aliphatic hydroxyl groups excluding tert-OH is 2.